The van der Waals surface area contributed by atoms with Crippen LogP contribution < -0.4 is 5.73 Å². The SMILES string of the molecule is CSCCC(C)N(C)S(=O)(=O)c1ccc(F)c(N)c1F. The van der Waals surface area contributed by atoms with Crippen LogP contribution in [0.3, 0.4) is 0 Å². The van der Waals surface area contributed by atoms with Gasteiger partial charge in [0.2, 0.25) is 10.0 Å². The summed E-state index contributed by atoms with van der Waals surface area (Å²) in [6.07, 6.45) is 2.55. The zero-order valence-electron chi connectivity index (χ0n) is 11.6. The lowest BCUT2D eigenvalue weighted by molar-refractivity contribution is 0.380. The Bertz CT molecular complexity index is 579. The maximum atomic E-state index is 13.9. The predicted molar refractivity (Wildman–Crippen MR) is 78.2 cm³/mol. The van der Waals surface area contributed by atoms with Crippen molar-refractivity contribution in [2.75, 3.05) is 24.8 Å². The zero-order valence-corrected chi connectivity index (χ0v) is 13.2. The van der Waals surface area contributed by atoms with Crippen LogP contribution >= 0.6 is 11.8 Å². The summed E-state index contributed by atoms with van der Waals surface area (Å²) in [6.45, 7) is 1.73. The van der Waals surface area contributed by atoms with E-state index in [1.807, 2.05) is 6.26 Å². The van der Waals surface area contributed by atoms with Gasteiger partial charge < -0.3 is 5.73 Å². The van der Waals surface area contributed by atoms with Gasteiger partial charge in [0.1, 0.15) is 16.4 Å². The van der Waals surface area contributed by atoms with Gasteiger partial charge in [-0.25, -0.2) is 17.2 Å². The Kier molecular flexibility index (Phi) is 5.79. The van der Waals surface area contributed by atoms with Gasteiger partial charge in [-0.1, -0.05) is 0 Å². The molecule has 0 amide bonds. The van der Waals surface area contributed by atoms with Crippen LogP contribution in [0.15, 0.2) is 17.0 Å². The van der Waals surface area contributed by atoms with Gasteiger partial charge in [-0.15, -0.1) is 0 Å². The minimum absolute atomic E-state index is 0.293. The molecule has 1 aromatic rings. The van der Waals surface area contributed by atoms with Crippen LogP contribution in [0.25, 0.3) is 0 Å². The van der Waals surface area contributed by atoms with E-state index in [9.17, 15) is 17.2 Å². The Balaban J connectivity index is 3.14. The second-order valence-corrected chi connectivity index (χ2v) is 7.38. The topological polar surface area (TPSA) is 63.4 Å². The molecule has 114 valence electrons. The first-order valence-electron chi connectivity index (χ1n) is 5.94. The van der Waals surface area contributed by atoms with E-state index < -0.39 is 32.2 Å². The molecule has 1 atom stereocenters. The monoisotopic (exact) mass is 324 g/mol. The maximum absolute atomic E-state index is 13.9. The van der Waals surface area contributed by atoms with E-state index in [1.54, 1.807) is 18.7 Å². The number of nitrogens with two attached hydrogens (primary N) is 1. The number of rotatable bonds is 6. The normalized spacial score (nSPS) is 13.7. The first-order chi connectivity index (χ1) is 9.23. The molecule has 0 radical (unpaired) electrons. The highest BCUT2D eigenvalue weighted by Gasteiger charge is 2.29. The van der Waals surface area contributed by atoms with E-state index >= 15 is 0 Å². The summed E-state index contributed by atoms with van der Waals surface area (Å²) in [7, 11) is -2.66. The van der Waals surface area contributed by atoms with Gasteiger partial charge in [0.15, 0.2) is 5.82 Å². The molecule has 2 N–H and O–H groups in total. The number of thioether (sulfide) groups is 1. The summed E-state index contributed by atoms with van der Waals surface area (Å²) in [4.78, 5) is -0.602. The van der Waals surface area contributed by atoms with Gasteiger partial charge in [-0.05, 0) is 37.5 Å². The first-order valence-corrected chi connectivity index (χ1v) is 8.77. The molecule has 0 aliphatic rings. The van der Waals surface area contributed by atoms with Gasteiger partial charge in [0.25, 0.3) is 0 Å². The van der Waals surface area contributed by atoms with E-state index in [0.29, 0.717) is 6.42 Å². The van der Waals surface area contributed by atoms with Crippen molar-refractivity contribution in [2.45, 2.75) is 24.3 Å². The summed E-state index contributed by atoms with van der Waals surface area (Å²) >= 11 is 1.60. The number of hydrogen-bond acceptors (Lipinski definition) is 4. The predicted octanol–water partition coefficient (Wildman–Crippen LogP) is 2.31. The molecule has 1 unspecified atom stereocenters. The standard InChI is InChI=1S/C12H18F2N2O2S2/c1-8(6-7-19-3)16(2)20(17,18)10-5-4-9(13)12(15)11(10)14/h4-5,8H,6-7,15H2,1-3H3. The average Bonchev–Trinajstić information content (AvgIpc) is 2.40. The van der Waals surface area contributed by atoms with Crippen LogP contribution in [-0.2, 0) is 10.0 Å². The molecule has 4 nitrogen and oxygen atoms in total. The molecule has 0 saturated heterocycles. The van der Waals surface area contributed by atoms with Gasteiger partial charge in [0, 0.05) is 13.1 Å². The van der Waals surface area contributed by atoms with Crippen LogP contribution in [0.5, 0.6) is 0 Å². The second kappa shape index (κ2) is 6.73. The highest BCUT2D eigenvalue weighted by atomic mass is 32.2. The van der Waals surface area contributed by atoms with E-state index in [2.05, 4.69) is 0 Å². The van der Waals surface area contributed by atoms with Gasteiger partial charge >= 0.3 is 0 Å². The molecule has 1 rings (SSSR count). The lowest BCUT2D eigenvalue weighted by atomic mass is 10.3. The molecule has 1 aromatic carbocycles. The van der Waals surface area contributed by atoms with E-state index in [-0.39, 0.29) is 6.04 Å². The number of halogens is 2. The number of benzene rings is 1. The van der Waals surface area contributed by atoms with E-state index in [4.69, 9.17) is 5.73 Å². The molecule has 0 bridgehead atoms. The average molecular weight is 324 g/mol. The van der Waals surface area contributed by atoms with Crippen molar-refractivity contribution in [1.29, 1.82) is 0 Å². The highest BCUT2D eigenvalue weighted by Crippen LogP contribution is 2.26. The van der Waals surface area contributed by atoms with Crippen molar-refractivity contribution in [1.82, 2.24) is 4.31 Å². The Morgan fingerprint density at radius 1 is 1.40 bits per heavy atom. The number of nitrogens with zero attached hydrogens (tertiary/aromatic N) is 1. The van der Waals surface area contributed by atoms with Gasteiger partial charge in [-0.2, -0.15) is 16.1 Å². The molecular weight excluding hydrogens is 306 g/mol. The lowest BCUT2D eigenvalue weighted by Crippen LogP contribution is -2.36. The Hall–Kier alpha value is -0.860. The number of sulfonamides is 1. The largest absolute Gasteiger partial charge is 0.394 e. The molecule has 20 heavy (non-hydrogen) atoms. The fourth-order valence-electron chi connectivity index (χ4n) is 1.61. The van der Waals surface area contributed by atoms with Crippen molar-refractivity contribution >= 4 is 27.5 Å². The fraction of sp³-hybridized carbons (Fsp3) is 0.500. The van der Waals surface area contributed by atoms with Crippen LogP contribution in [0.1, 0.15) is 13.3 Å². The molecule has 0 heterocycles. The quantitative estimate of drug-likeness (QED) is 0.816. The zero-order chi connectivity index (χ0) is 15.5. The molecule has 0 aliphatic carbocycles. The van der Waals surface area contributed by atoms with Crippen LogP contribution in [0, 0.1) is 11.6 Å². The molecule has 0 aromatic heterocycles. The third-order valence-electron chi connectivity index (χ3n) is 3.11. The van der Waals surface area contributed by atoms with Crippen molar-refractivity contribution in [3.63, 3.8) is 0 Å². The Labute approximate surface area is 122 Å². The fourth-order valence-corrected chi connectivity index (χ4v) is 3.65. The lowest BCUT2D eigenvalue weighted by Gasteiger charge is -2.24. The molecule has 0 aliphatic heterocycles. The summed E-state index contributed by atoms with van der Waals surface area (Å²) in [6, 6.07) is 1.46. The van der Waals surface area contributed by atoms with Gasteiger partial charge in [0.05, 0.1) is 0 Å². The summed E-state index contributed by atoms with van der Waals surface area (Å²) in [5, 5.41) is 0. The second-order valence-electron chi connectivity index (χ2n) is 4.42. The number of anilines is 1. The number of hydrogen-bond donors (Lipinski definition) is 1. The molecule has 0 fully saturated rings. The van der Waals surface area contributed by atoms with E-state index in [1.165, 1.54) is 7.05 Å². The molecule has 0 saturated carbocycles. The summed E-state index contributed by atoms with van der Waals surface area (Å²) < 4.78 is 52.7. The minimum Gasteiger partial charge on any atom is -0.394 e. The van der Waals surface area contributed by atoms with Crippen molar-refractivity contribution in [2.24, 2.45) is 0 Å². The highest BCUT2D eigenvalue weighted by molar-refractivity contribution is 7.98. The Morgan fingerprint density at radius 3 is 2.55 bits per heavy atom. The van der Waals surface area contributed by atoms with Crippen LogP contribution in [0.4, 0.5) is 14.5 Å². The van der Waals surface area contributed by atoms with Crippen LogP contribution in [0.2, 0.25) is 0 Å². The first kappa shape index (κ1) is 17.2. The van der Waals surface area contributed by atoms with Crippen molar-refractivity contribution in [3.8, 4) is 0 Å². The van der Waals surface area contributed by atoms with Crippen molar-refractivity contribution in [3.05, 3.63) is 23.8 Å². The van der Waals surface area contributed by atoms with E-state index in [0.717, 1.165) is 22.2 Å². The van der Waals surface area contributed by atoms with Crippen molar-refractivity contribution < 1.29 is 17.2 Å². The minimum atomic E-state index is -4.04. The smallest absolute Gasteiger partial charge is 0.246 e. The van der Waals surface area contributed by atoms with Crippen LogP contribution in [-0.4, -0.2) is 37.8 Å². The molecule has 0 spiro atoms. The molecule has 8 heteroatoms. The van der Waals surface area contributed by atoms with Gasteiger partial charge in [-0.3, -0.25) is 0 Å². The third kappa shape index (κ3) is 3.42. The summed E-state index contributed by atoms with van der Waals surface area (Å²) in [5.41, 5.74) is 4.42. The summed E-state index contributed by atoms with van der Waals surface area (Å²) in [5.74, 6) is -1.43. The number of nitrogen functional groups attached to an aromatic ring is 1. The Morgan fingerprint density at radius 2 is 2.00 bits per heavy atom. The third-order valence-corrected chi connectivity index (χ3v) is 5.74. The molecular formula is C12H18F2N2O2S2. The maximum Gasteiger partial charge on any atom is 0.246 e.